The monoisotopic (exact) mass is 361 g/mol. The van der Waals surface area contributed by atoms with Crippen molar-refractivity contribution in [1.82, 2.24) is 0 Å². The number of hydrogen-bond donors (Lipinski definition) is 0. The summed E-state index contributed by atoms with van der Waals surface area (Å²) in [5.41, 5.74) is 1.03. The average molecular weight is 361 g/mol. The Morgan fingerprint density at radius 1 is 1.25 bits per heavy atom. The summed E-state index contributed by atoms with van der Waals surface area (Å²) in [4.78, 5) is 5.01. The van der Waals surface area contributed by atoms with E-state index >= 15 is 0 Å². The Morgan fingerprint density at radius 3 is 2.79 bits per heavy atom. The van der Waals surface area contributed by atoms with Crippen molar-refractivity contribution < 1.29 is 13.2 Å². The van der Waals surface area contributed by atoms with Crippen molar-refractivity contribution in [3.63, 3.8) is 0 Å². The minimum atomic E-state index is -3.38. The summed E-state index contributed by atoms with van der Waals surface area (Å²) >= 11 is 1.55. The van der Waals surface area contributed by atoms with Gasteiger partial charge in [0.1, 0.15) is 10.3 Å². The molecule has 4 rings (SSSR count). The number of benzene rings is 1. The lowest BCUT2D eigenvalue weighted by Gasteiger charge is -2.36. The summed E-state index contributed by atoms with van der Waals surface area (Å²) in [5, 5.41) is 0. The SMILES string of the molecule is COc1ccc(S(=O)(=O)C2CC3CCN=C4C=CC=CC43S2)cc1. The highest BCUT2D eigenvalue weighted by Gasteiger charge is 2.54. The Kier molecular flexibility index (Phi) is 3.84. The van der Waals surface area contributed by atoms with Crippen molar-refractivity contribution in [3.8, 4) is 5.75 Å². The molecule has 1 spiro atoms. The van der Waals surface area contributed by atoms with Crippen LogP contribution in [0.15, 0.2) is 58.5 Å². The fourth-order valence-corrected chi connectivity index (χ4v) is 7.93. The summed E-state index contributed by atoms with van der Waals surface area (Å²) in [7, 11) is -1.81. The van der Waals surface area contributed by atoms with Gasteiger partial charge in [0.15, 0.2) is 9.84 Å². The third-order valence-electron chi connectivity index (χ3n) is 5.01. The van der Waals surface area contributed by atoms with Gasteiger partial charge >= 0.3 is 0 Å². The molecule has 3 unspecified atom stereocenters. The zero-order chi connectivity index (χ0) is 16.8. The van der Waals surface area contributed by atoms with Crippen LogP contribution < -0.4 is 4.74 Å². The molecule has 1 fully saturated rings. The Bertz CT molecular complexity index is 840. The molecule has 24 heavy (non-hydrogen) atoms. The smallest absolute Gasteiger partial charge is 0.190 e. The van der Waals surface area contributed by atoms with Crippen LogP contribution in [0.2, 0.25) is 0 Å². The molecule has 1 aromatic rings. The van der Waals surface area contributed by atoms with Crippen molar-refractivity contribution in [1.29, 1.82) is 0 Å². The highest BCUT2D eigenvalue weighted by Crippen LogP contribution is 2.55. The lowest BCUT2D eigenvalue weighted by Crippen LogP contribution is -2.41. The number of rotatable bonds is 3. The van der Waals surface area contributed by atoms with Crippen molar-refractivity contribution in [3.05, 3.63) is 48.6 Å². The molecule has 1 aliphatic carbocycles. The van der Waals surface area contributed by atoms with Crippen LogP contribution >= 0.6 is 11.8 Å². The Morgan fingerprint density at radius 2 is 2.04 bits per heavy atom. The van der Waals surface area contributed by atoms with Crippen LogP contribution in [0.5, 0.6) is 5.75 Å². The van der Waals surface area contributed by atoms with Crippen LogP contribution in [0, 0.1) is 5.92 Å². The largest absolute Gasteiger partial charge is 0.497 e. The molecule has 2 aliphatic heterocycles. The van der Waals surface area contributed by atoms with Gasteiger partial charge in [0.05, 0.1) is 22.5 Å². The normalized spacial score (nSPS) is 31.3. The number of hydrogen-bond acceptors (Lipinski definition) is 5. The first-order valence-corrected chi connectivity index (χ1v) is 10.5. The first-order valence-electron chi connectivity index (χ1n) is 8.03. The van der Waals surface area contributed by atoms with Gasteiger partial charge in [0.25, 0.3) is 0 Å². The van der Waals surface area contributed by atoms with Crippen LogP contribution in [0.3, 0.4) is 0 Å². The quantitative estimate of drug-likeness (QED) is 0.829. The second-order valence-electron chi connectivity index (χ2n) is 6.27. The second kappa shape index (κ2) is 5.77. The standard InChI is InChI=1S/C18H19NO3S2/c1-22-14-5-7-15(8-6-14)24(20,21)17-12-13-9-11-19-16-4-2-3-10-18(13,16)23-17/h2-8,10,13,17H,9,11-12H2,1H3. The van der Waals surface area contributed by atoms with Gasteiger partial charge in [-0.3, -0.25) is 4.99 Å². The van der Waals surface area contributed by atoms with Crippen LogP contribution in [-0.2, 0) is 9.84 Å². The van der Waals surface area contributed by atoms with Gasteiger partial charge in [-0.05, 0) is 49.1 Å². The van der Waals surface area contributed by atoms with Gasteiger partial charge in [-0.2, -0.15) is 0 Å². The molecule has 0 N–H and O–H groups in total. The van der Waals surface area contributed by atoms with E-state index in [-0.39, 0.29) is 4.75 Å². The lowest BCUT2D eigenvalue weighted by atomic mass is 9.79. The number of nitrogens with zero attached hydrogens (tertiary/aromatic N) is 1. The van der Waals surface area contributed by atoms with Crippen LogP contribution in [0.4, 0.5) is 0 Å². The maximum Gasteiger partial charge on any atom is 0.190 e. The molecule has 0 radical (unpaired) electrons. The summed E-state index contributed by atoms with van der Waals surface area (Å²) in [6.07, 6.45) is 9.80. The molecule has 126 valence electrons. The molecule has 0 aromatic heterocycles. The molecule has 6 heteroatoms. The van der Waals surface area contributed by atoms with Crippen LogP contribution in [-0.4, -0.2) is 37.1 Å². The van der Waals surface area contributed by atoms with E-state index in [0.717, 1.165) is 18.7 Å². The third kappa shape index (κ3) is 2.35. The maximum atomic E-state index is 13.1. The highest BCUT2D eigenvalue weighted by atomic mass is 32.3. The van der Waals surface area contributed by atoms with Gasteiger partial charge in [-0.15, -0.1) is 11.8 Å². The maximum absolute atomic E-state index is 13.1. The molecule has 3 aliphatic rings. The van der Waals surface area contributed by atoms with Gasteiger partial charge < -0.3 is 4.74 Å². The predicted octanol–water partition coefficient (Wildman–Crippen LogP) is 3.26. The topological polar surface area (TPSA) is 55.7 Å². The predicted molar refractivity (Wildman–Crippen MR) is 97.6 cm³/mol. The number of ether oxygens (including phenoxy) is 1. The minimum Gasteiger partial charge on any atom is -0.497 e. The summed E-state index contributed by atoms with van der Waals surface area (Å²) in [6.45, 7) is 0.787. The van der Waals surface area contributed by atoms with E-state index in [1.807, 2.05) is 18.2 Å². The fourth-order valence-electron chi connectivity index (χ4n) is 3.73. The molecule has 0 saturated carbocycles. The zero-order valence-electron chi connectivity index (χ0n) is 13.4. The third-order valence-corrected chi connectivity index (χ3v) is 9.40. The molecule has 0 amide bonds. The second-order valence-corrected chi connectivity index (χ2v) is 10.2. The summed E-state index contributed by atoms with van der Waals surface area (Å²) in [6, 6.07) is 6.68. The van der Waals surface area contributed by atoms with Crippen molar-refractivity contribution in [2.45, 2.75) is 27.1 Å². The van der Waals surface area contributed by atoms with E-state index in [1.165, 1.54) is 0 Å². The van der Waals surface area contributed by atoms with Gasteiger partial charge in [-0.25, -0.2) is 8.42 Å². The lowest BCUT2D eigenvalue weighted by molar-refractivity contribution is 0.414. The molecular formula is C18H19NO3S2. The summed E-state index contributed by atoms with van der Waals surface area (Å²) < 4.78 is 30.6. The molecular weight excluding hydrogens is 342 g/mol. The number of methoxy groups -OCH3 is 1. The molecule has 4 nitrogen and oxygen atoms in total. The van der Waals surface area contributed by atoms with Gasteiger partial charge in [0, 0.05) is 6.54 Å². The number of aliphatic imine (C=N–C) groups is 1. The Balaban J connectivity index is 1.67. The van der Waals surface area contributed by atoms with Crippen molar-refractivity contribution >= 4 is 27.3 Å². The van der Waals surface area contributed by atoms with E-state index in [2.05, 4.69) is 11.1 Å². The number of sulfone groups is 1. The van der Waals surface area contributed by atoms with Crippen LogP contribution in [0.1, 0.15) is 12.8 Å². The Labute approximate surface area is 146 Å². The number of allylic oxidation sites excluding steroid dienone is 3. The van der Waals surface area contributed by atoms with Gasteiger partial charge in [0.2, 0.25) is 0 Å². The Hall–Kier alpha value is -1.53. The average Bonchev–Trinajstić information content (AvgIpc) is 3.00. The highest BCUT2D eigenvalue weighted by molar-refractivity contribution is 8.15. The van der Waals surface area contributed by atoms with Crippen molar-refractivity contribution in [2.75, 3.05) is 13.7 Å². The van der Waals surface area contributed by atoms with Gasteiger partial charge in [-0.1, -0.05) is 18.2 Å². The first kappa shape index (κ1) is 16.0. The molecule has 3 atom stereocenters. The molecule has 2 heterocycles. The van der Waals surface area contributed by atoms with E-state index in [1.54, 1.807) is 43.1 Å². The van der Waals surface area contributed by atoms with E-state index < -0.39 is 14.4 Å². The zero-order valence-corrected chi connectivity index (χ0v) is 15.0. The molecule has 1 saturated heterocycles. The van der Waals surface area contributed by atoms with E-state index in [9.17, 15) is 8.42 Å². The van der Waals surface area contributed by atoms with Crippen molar-refractivity contribution in [2.24, 2.45) is 10.9 Å². The first-order chi connectivity index (χ1) is 11.6. The molecule has 0 bridgehead atoms. The minimum absolute atomic E-state index is 0.267. The van der Waals surface area contributed by atoms with E-state index in [4.69, 9.17) is 4.74 Å². The molecule has 1 aromatic carbocycles. The van der Waals surface area contributed by atoms with Crippen LogP contribution in [0.25, 0.3) is 0 Å². The van der Waals surface area contributed by atoms with E-state index in [0.29, 0.717) is 23.0 Å². The fraction of sp³-hybridized carbons (Fsp3) is 0.389. The summed E-state index contributed by atoms with van der Waals surface area (Å²) in [5.74, 6) is 0.990. The number of thioether (sulfide) groups is 1.